The number of esters is 1. The number of nitrogens with zero attached hydrogens (tertiary/aromatic N) is 1. The number of carbonyl (C=O) groups excluding carboxylic acids is 1. The first-order valence-corrected chi connectivity index (χ1v) is 8.21. The highest BCUT2D eigenvalue weighted by Crippen LogP contribution is 2.23. The fourth-order valence-corrected chi connectivity index (χ4v) is 3.83. The Bertz CT molecular complexity index is 447. The molecule has 1 saturated heterocycles. The van der Waals surface area contributed by atoms with Crippen molar-refractivity contribution >= 4 is 16.2 Å². The van der Waals surface area contributed by atoms with Gasteiger partial charge in [0.25, 0.3) is 10.2 Å². The average molecular weight is 308 g/mol. The first-order valence-electron chi connectivity index (χ1n) is 6.77. The number of hydrogen-bond donors (Lipinski definition) is 2. The van der Waals surface area contributed by atoms with Gasteiger partial charge in [-0.15, -0.1) is 0 Å². The topological polar surface area (TPSA) is 95.9 Å². The molecule has 0 amide bonds. The standard InChI is InChI=1S/C12H24N2O5S/c1-5-19-11(16)10-7-6-8-14(10)20(17,18)13-12(3,4)9(2)15/h9-10,13,15H,5-8H2,1-4H3. The Hall–Kier alpha value is -0.700. The number of hydrogen-bond acceptors (Lipinski definition) is 5. The maximum Gasteiger partial charge on any atom is 0.324 e. The van der Waals surface area contributed by atoms with E-state index in [9.17, 15) is 18.3 Å². The minimum absolute atomic E-state index is 0.218. The third kappa shape index (κ3) is 3.91. The van der Waals surface area contributed by atoms with E-state index in [4.69, 9.17) is 4.74 Å². The smallest absolute Gasteiger partial charge is 0.324 e. The number of nitrogens with one attached hydrogen (secondary N) is 1. The van der Waals surface area contributed by atoms with E-state index in [1.807, 2.05) is 0 Å². The third-order valence-corrected chi connectivity index (χ3v) is 5.35. The molecule has 2 N–H and O–H groups in total. The normalized spacial score (nSPS) is 22.8. The van der Waals surface area contributed by atoms with Crippen LogP contribution in [0, 0.1) is 0 Å². The van der Waals surface area contributed by atoms with Crippen molar-refractivity contribution in [2.24, 2.45) is 0 Å². The van der Waals surface area contributed by atoms with E-state index < -0.39 is 33.9 Å². The molecule has 0 aromatic carbocycles. The molecule has 0 saturated carbocycles. The van der Waals surface area contributed by atoms with Gasteiger partial charge < -0.3 is 9.84 Å². The Kier molecular flexibility index (Phi) is 5.54. The Balaban J connectivity index is 2.88. The van der Waals surface area contributed by atoms with Crippen LogP contribution in [0.2, 0.25) is 0 Å². The van der Waals surface area contributed by atoms with E-state index in [0.717, 1.165) is 4.31 Å². The maximum absolute atomic E-state index is 12.4. The molecular weight excluding hydrogens is 284 g/mol. The lowest BCUT2D eigenvalue weighted by atomic mass is 10.0. The van der Waals surface area contributed by atoms with Crippen molar-refractivity contribution in [2.45, 2.75) is 58.2 Å². The summed E-state index contributed by atoms with van der Waals surface area (Å²) in [5.41, 5.74) is -1.01. The molecule has 20 heavy (non-hydrogen) atoms. The first kappa shape index (κ1) is 17.4. The fourth-order valence-electron chi connectivity index (χ4n) is 1.98. The number of aliphatic hydroxyl groups is 1. The SMILES string of the molecule is CCOC(=O)C1CCCN1S(=O)(=O)NC(C)(C)C(C)O. The van der Waals surface area contributed by atoms with E-state index in [1.165, 1.54) is 6.92 Å². The van der Waals surface area contributed by atoms with Crippen LogP contribution in [0.15, 0.2) is 0 Å². The van der Waals surface area contributed by atoms with Crippen molar-refractivity contribution in [1.82, 2.24) is 9.03 Å². The molecule has 2 unspecified atom stereocenters. The Morgan fingerprint density at radius 2 is 2.15 bits per heavy atom. The molecule has 2 atom stereocenters. The van der Waals surface area contributed by atoms with Gasteiger partial charge in [0.05, 0.1) is 18.2 Å². The van der Waals surface area contributed by atoms with Crippen molar-refractivity contribution in [3.8, 4) is 0 Å². The Morgan fingerprint density at radius 1 is 1.55 bits per heavy atom. The van der Waals surface area contributed by atoms with Gasteiger partial charge in [-0.1, -0.05) is 0 Å². The molecule has 118 valence electrons. The number of aliphatic hydroxyl groups excluding tert-OH is 1. The summed E-state index contributed by atoms with van der Waals surface area (Å²) in [6, 6.07) is -0.780. The second kappa shape index (κ2) is 6.38. The van der Waals surface area contributed by atoms with Crippen LogP contribution in [0.3, 0.4) is 0 Å². The van der Waals surface area contributed by atoms with Gasteiger partial charge in [0, 0.05) is 6.54 Å². The van der Waals surface area contributed by atoms with E-state index in [-0.39, 0.29) is 13.2 Å². The zero-order valence-electron chi connectivity index (χ0n) is 12.4. The van der Waals surface area contributed by atoms with Crippen LogP contribution in [-0.4, -0.2) is 54.6 Å². The molecule has 1 fully saturated rings. The summed E-state index contributed by atoms with van der Waals surface area (Å²) in [7, 11) is -3.85. The summed E-state index contributed by atoms with van der Waals surface area (Å²) in [5.74, 6) is -0.523. The molecule has 8 heteroatoms. The van der Waals surface area contributed by atoms with Crippen molar-refractivity contribution in [1.29, 1.82) is 0 Å². The summed E-state index contributed by atoms with van der Waals surface area (Å²) < 4.78 is 33.2. The van der Waals surface area contributed by atoms with Gasteiger partial charge in [-0.2, -0.15) is 17.4 Å². The van der Waals surface area contributed by atoms with Crippen LogP contribution in [0.5, 0.6) is 0 Å². The summed E-state index contributed by atoms with van der Waals surface area (Å²) in [5, 5.41) is 9.61. The second-order valence-electron chi connectivity index (χ2n) is 5.53. The van der Waals surface area contributed by atoms with Crippen LogP contribution < -0.4 is 4.72 Å². The average Bonchev–Trinajstić information content (AvgIpc) is 2.77. The van der Waals surface area contributed by atoms with Crippen LogP contribution in [0.25, 0.3) is 0 Å². The highest BCUT2D eigenvalue weighted by Gasteiger charge is 2.42. The van der Waals surface area contributed by atoms with Gasteiger partial charge in [0.2, 0.25) is 0 Å². The molecule has 1 heterocycles. The van der Waals surface area contributed by atoms with Gasteiger partial charge in [0.1, 0.15) is 6.04 Å². The van der Waals surface area contributed by atoms with Crippen LogP contribution in [0.1, 0.15) is 40.5 Å². The Labute approximate surface area is 120 Å². The van der Waals surface area contributed by atoms with Gasteiger partial charge in [0.15, 0.2) is 0 Å². The fraction of sp³-hybridized carbons (Fsp3) is 0.917. The van der Waals surface area contributed by atoms with E-state index in [1.54, 1.807) is 20.8 Å². The molecule has 1 aliphatic rings. The molecule has 0 aliphatic carbocycles. The predicted molar refractivity (Wildman–Crippen MR) is 74.2 cm³/mol. The maximum atomic E-state index is 12.4. The summed E-state index contributed by atoms with van der Waals surface area (Å²) >= 11 is 0. The summed E-state index contributed by atoms with van der Waals surface area (Å²) in [6.45, 7) is 6.86. The quantitative estimate of drug-likeness (QED) is 0.674. The van der Waals surface area contributed by atoms with E-state index in [0.29, 0.717) is 12.8 Å². The molecule has 7 nitrogen and oxygen atoms in total. The predicted octanol–water partition coefficient (Wildman–Crippen LogP) is 0.00770. The summed E-state index contributed by atoms with van der Waals surface area (Å²) in [6.07, 6.45) is 0.204. The minimum atomic E-state index is -3.85. The lowest BCUT2D eigenvalue weighted by molar-refractivity contribution is -0.146. The highest BCUT2D eigenvalue weighted by atomic mass is 32.2. The molecule has 0 bridgehead atoms. The van der Waals surface area contributed by atoms with Gasteiger partial charge >= 0.3 is 5.97 Å². The van der Waals surface area contributed by atoms with Crippen molar-refractivity contribution in [3.63, 3.8) is 0 Å². The zero-order chi connectivity index (χ0) is 15.6. The van der Waals surface area contributed by atoms with Crippen LogP contribution in [-0.2, 0) is 19.7 Å². The van der Waals surface area contributed by atoms with Crippen molar-refractivity contribution < 1.29 is 23.1 Å². The van der Waals surface area contributed by atoms with Gasteiger partial charge in [-0.05, 0) is 40.5 Å². The number of rotatable bonds is 6. The van der Waals surface area contributed by atoms with Crippen molar-refractivity contribution in [3.05, 3.63) is 0 Å². The monoisotopic (exact) mass is 308 g/mol. The van der Waals surface area contributed by atoms with Crippen LogP contribution >= 0.6 is 0 Å². The lowest BCUT2D eigenvalue weighted by Gasteiger charge is -2.32. The highest BCUT2D eigenvalue weighted by molar-refractivity contribution is 7.87. The van der Waals surface area contributed by atoms with Crippen molar-refractivity contribution in [2.75, 3.05) is 13.2 Å². The number of carbonyl (C=O) groups is 1. The largest absolute Gasteiger partial charge is 0.465 e. The minimum Gasteiger partial charge on any atom is -0.465 e. The zero-order valence-corrected chi connectivity index (χ0v) is 13.2. The molecule has 0 aromatic rings. The lowest BCUT2D eigenvalue weighted by Crippen LogP contribution is -2.57. The Morgan fingerprint density at radius 3 is 2.65 bits per heavy atom. The van der Waals surface area contributed by atoms with Gasteiger partial charge in [-0.3, -0.25) is 4.79 Å². The molecule has 1 aliphatic heterocycles. The van der Waals surface area contributed by atoms with Crippen LogP contribution in [0.4, 0.5) is 0 Å². The van der Waals surface area contributed by atoms with E-state index in [2.05, 4.69) is 4.72 Å². The second-order valence-corrected chi connectivity index (χ2v) is 7.15. The molecule has 0 aromatic heterocycles. The molecule has 0 radical (unpaired) electrons. The van der Waals surface area contributed by atoms with Gasteiger partial charge in [-0.25, -0.2) is 0 Å². The molecular formula is C12H24N2O5S. The third-order valence-electron chi connectivity index (χ3n) is 3.51. The van der Waals surface area contributed by atoms with E-state index >= 15 is 0 Å². The summed E-state index contributed by atoms with van der Waals surface area (Å²) in [4.78, 5) is 11.8. The molecule has 0 spiro atoms. The number of ether oxygens (including phenoxy) is 1. The molecule has 1 rings (SSSR count). The first-order chi connectivity index (χ1) is 9.12.